The summed E-state index contributed by atoms with van der Waals surface area (Å²) in [7, 11) is 3.65. The van der Waals surface area contributed by atoms with Crippen LogP contribution in [0.15, 0.2) is 16.6 Å². The van der Waals surface area contributed by atoms with Crippen LogP contribution in [0.5, 0.6) is 0 Å². The Bertz CT molecular complexity index is 751. The van der Waals surface area contributed by atoms with E-state index in [1.54, 1.807) is 18.6 Å². The molecule has 1 unspecified atom stereocenters. The number of hydrogen-bond donors (Lipinski definition) is 4. The fourth-order valence-corrected chi connectivity index (χ4v) is 3.79. The zero-order valence-electron chi connectivity index (χ0n) is 17.3. The Balaban J connectivity index is 2.02. The number of thiazole rings is 1. The van der Waals surface area contributed by atoms with Gasteiger partial charge in [-0.1, -0.05) is 0 Å². The fourth-order valence-electron chi connectivity index (χ4n) is 3.15. The predicted octanol–water partition coefficient (Wildman–Crippen LogP) is -1.77. The zero-order chi connectivity index (χ0) is 22.1. The second kappa shape index (κ2) is 11.6. The van der Waals surface area contributed by atoms with Crippen LogP contribution in [-0.4, -0.2) is 97.2 Å². The smallest absolute Gasteiger partial charge is 0.241 e. The Morgan fingerprint density at radius 2 is 2.17 bits per heavy atom. The van der Waals surface area contributed by atoms with Gasteiger partial charge in [0.25, 0.3) is 0 Å². The summed E-state index contributed by atoms with van der Waals surface area (Å²) in [4.78, 5) is 49.7. The summed E-state index contributed by atoms with van der Waals surface area (Å²) in [6, 6.07) is -1.14. The lowest BCUT2D eigenvalue weighted by Gasteiger charge is -2.24. The minimum absolute atomic E-state index is 0.0226. The fraction of sp³-hybridized carbons (Fsp3) is 0.611. The standard InChI is InChI=1S/C18H30N8O3S/c1-21-13-10-25(2)7-8-26(17(13)29)11-14(27)24-12(4-3-5-23-18(19)20)15(28)16-22-6-9-30-16/h6,9,12-13,21H,3-5,7-8,10-11H2,1-2H3,(H,24,27)(H4,19,20,23)/t12-,13?/m0/s1. The van der Waals surface area contributed by atoms with E-state index in [0.717, 1.165) is 0 Å². The Morgan fingerprint density at radius 3 is 2.80 bits per heavy atom. The molecule has 0 aliphatic carbocycles. The number of aliphatic imine (C=N–C) groups is 1. The molecular weight excluding hydrogens is 408 g/mol. The molecule has 1 aliphatic heterocycles. The maximum absolute atomic E-state index is 12.8. The molecule has 30 heavy (non-hydrogen) atoms. The lowest BCUT2D eigenvalue weighted by Crippen LogP contribution is -2.51. The van der Waals surface area contributed by atoms with Crippen LogP contribution in [0.1, 0.15) is 22.6 Å². The number of nitrogens with two attached hydrogens (primary N) is 2. The molecule has 2 heterocycles. The monoisotopic (exact) mass is 438 g/mol. The molecule has 0 spiro atoms. The van der Waals surface area contributed by atoms with Gasteiger partial charge in [0, 0.05) is 37.8 Å². The highest BCUT2D eigenvalue weighted by atomic mass is 32.1. The van der Waals surface area contributed by atoms with Gasteiger partial charge in [-0.3, -0.25) is 19.4 Å². The summed E-state index contributed by atoms with van der Waals surface area (Å²) in [5, 5.41) is 7.78. The number of rotatable bonds is 10. The Kier molecular flexibility index (Phi) is 9.15. The molecule has 2 amide bonds. The number of carbonyl (C=O) groups is 3. The number of Topliss-reactive ketones (excluding diaryl/α,β-unsaturated/α-hetero) is 1. The number of ketones is 1. The molecule has 6 N–H and O–H groups in total. The van der Waals surface area contributed by atoms with Gasteiger partial charge in [-0.15, -0.1) is 11.3 Å². The molecule has 2 rings (SSSR count). The average molecular weight is 439 g/mol. The molecule has 0 aromatic carbocycles. The van der Waals surface area contributed by atoms with Crippen LogP contribution in [0.3, 0.4) is 0 Å². The van der Waals surface area contributed by atoms with Gasteiger partial charge in [-0.2, -0.15) is 0 Å². The van der Waals surface area contributed by atoms with Gasteiger partial charge in [0.15, 0.2) is 11.0 Å². The molecular formula is C18H30N8O3S. The minimum atomic E-state index is -0.761. The van der Waals surface area contributed by atoms with Gasteiger partial charge in [-0.25, -0.2) is 4.98 Å². The largest absolute Gasteiger partial charge is 0.370 e. The number of hydrogen-bond acceptors (Lipinski definition) is 8. The number of aromatic nitrogens is 1. The van der Waals surface area contributed by atoms with E-state index >= 15 is 0 Å². The molecule has 1 aromatic heterocycles. The van der Waals surface area contributed by atoms with Crippen molar-refractivity contribution in [2.45, 2.75) is 24.9 Å². The topological polar surface area (TPSA) is 159 Å². The molecule has 0 bridgehead atoms. The van der Waals surface area contributed by atoms with Crippen LogP contribution in [0.2, 0.25) is 0 Å². The average Bonchev–Trinajstić information content (AvgIpc) is 3.20. The summed E-state index contributed by atoms with van der Waals surface area (Å²) in [5.41, 5.74) is 10.7. The lowest BCUT2D eigenvalue weighted by molar-refractivity contribution is -0.137. The third-order valence-corrected chi connectivity index (χ3v) is 5.57. The summed E-state index contributed by atoms with van der Waals surface area (Å²) < 4.78 is 0. The van der Waals surface area contributed by atoms with Crippen molar-refractivity contribution in [2.24, 2.45) is 16.5 Å². The Hall–Kier alpha value is -2.57. The first kappa shape index (κ1) is 23.7. The first-order chi connectivity index (χ1) is 14.3. The molecule has 1 fully saturated rings. The summed E-state index contributed by atoms with van der Waals surface area (Å²) in [5.74, 6) is -0.810. The van der Waals surface area contributed by atoms with E-state index < -0.39 is 6.04 Å². The maximum atomic E-state index is 12.8. The van der Waals surface area contributed by atoms with Crippen molar-refractivity contribution in [3.63, 3.8) is 0 Å². The molecule has 1 saturated heterocycles. The van der Waals surface area contributed by atoms with Gasteiger partial charge in [-0.05, 0) is 26.9 Å². The lowest BCUT2D eigenvalue weighted by atomic mass is 10.1. The summed E-state index contributed by atoms with van der Waals surface area (Å²) >= 11 is 1.22. The first-order valence-electron chi connectivity index (χ1n) is 9.75. The molecule has 1 aromatic rings. The number of likely N-dealkylation sites (N-methyl/N-ethyl adjacent to an activating group) is 2. The predicted molar refractivity (Wildman–Crippen MR) is 115 cm³/mol. The third-order valence-electron chi connectivity index (χ3n) is 4.78. The highest BCUT2D eigenvalue weighted by molar-refractivity contribution is 7.11. The van der Waals surface area contributed by atoms with Gasteiger partial charge in [0.2, 0.25) is 17.6 Å². The third kappa shape index (κ3) is 7.04. The van der Waals surface area contributed by atoms with Gasteiger partial charge >= 0.3 is 0 Å². The number of carbonyl (C=O) groups excluding carboxylic acids is 3. The molecule has 0 saturated carbocycles. The van der Waals surface area contributed by atoms with E-state index in [1.165, 1.54) is 16.2 Å². The van der Waals surface area contributed by atoms with E-state index in [4.69, 9.17) is 11.5 Å². The number of nitrogens with one attached hydrogen (secondary N) is 2. The van der Waals surface area contributed by atoms with Crippen molar-refractivity contribution in [1.82, 2.24) is 25.4 Å². The van der Waals surface area contributed by atoms with Gasteiger partial charge in [0.1, 0.15) is 0 Å². The SMILES string of the molecule is CNC1CN(C)CCN(CC(=O)N[C@@H](CCCN=C(N)N)C(=O)c2nccs2)C1=O. The Labute approximate surface area is 179 Å². The van der Waals surface area contributed by atoms with Crippen molar-refractivity contribution in [2.75, 3.05) is 46.8 Å². The number of guanidine groups is 1. The number of amides is 2. The second-order valence-electron chi connectivity index (χ2n) is 7.13. The van der Waals surface area contributed by atoms with E-state index in [9.17, 15) is 14.4 Å². The molecule has 2 atom stereocenters. The van der Waals surface area contributed by atoms with Crippen LogP contribution in [-0.2, 0) is 9.59 Å². The zero-order valence-corrected chi connectivity index (χ0v) is 18.2. The van der Waals surface area contributed by atoms with Crippen molar-refractivity contribution in [3.8, 4) is 0 Å². The van der Waals surface area contributed by atoms with E-state index in [-0.39, 0.29) is 36.1 Å². The van der Waals surface area contributed by atoms with Gasteiger partial charge < -0.3 is 31.9 Å². The number of nitrogens with zero attached hydrogens (tertiary/aromatic N) is 4. The summed E-state index contributed by atoms with van der Waals surface area (Å²) in [6.07, 6.45) is 2.41. The highest BCUT2D eigenvalue weighted by Crippen LogP contribution is 2.12. The van der Waals surface area contributed by atoms with Crippen LogP contribution in [0.25, 0.3) is 0 Å². The first-order valence-corrected chi connectivity index (χ1v) is 10.6. The molecule has 166 valence electrons. The van der Waals surface area contributed by atoms with E-state index in [0.29, 0.717) is 44.0 Å². The van der Waals surface area contributed by atoms with Crippen LogP contribution < -0.4 is 22.1 Å². The summed E-state index contributed by atoms with van der Waals surface area (Å²) in [6.45, 7) is 1.91. The Morgan fingerprint density at radius 1 is 1.40 bits per heavy atom. The normalized spacial score (nSPS) is 18.5. The minimum Gasteiger partial charge on any atom is -0.370 e. The van der Waals surface area contributed by atoms with Crippen LogP contribution in [0, 0.1) is 0 Å². The van der Waals surface area contributed by atoms with Crippen molar-refractivity contribution in [1.29, 1.82) is 0 Å². The molecule has 11 nitrogen and oxygen atoms in total. The molecule has 1 aliphatic rings. The molecule has 12 heteroatoms. The highest BCUT2D eigenvalue weighted by Gasteiger charge is 2.30. The van der Waals surface area contributed by atoms with E-state index in [2.05, 4.69) is 20.6 Å². The van der Waals surface area contributed by atoms with Crippen molar-refractivity contribution < 1.29 is 14.4 Å². The van der Waals surface area contributed by atoms with Crippen LogP contribution >= 0.6 is 11.3 Å². The molecule has 0 radical (unpaired) electrons. The van der Waals surface area contributed by atoms with Crippen molar-refractivity contribution in [3.05, 3.63) is 16.6 Å². The van der Waals surface area contributed by atoms with Crippen LogP contribution in [0.4, 0.5) is 0 Å². The van der Waals surface area contributed by atoms with Crippen molar-refractivity contribution >= 4 is 34.9 Å². The van der Waals surface area contributed by atoms with Gasteiger partial charge in [0.05, 0.1) is 18.6 Å². The maximum Gasteiger partial charge on any atom is 0.241 e. The van der Waals surface area contributed by atoms with E-state index in [1.807, 2.05) is 11.9 Å². The quantitative estimate of drug-likeness (QED) is 0.144. The second-order valence-corrected chi connectivity index (χ2v) is 8.03.